The molecule has 3 aromatic carbocycles. The van der Waals surface area contributed by atoms with Crippen molar-refractivity contribution in [1.29, 1.82) is 0 Å². The molecule has 0 aliphatic heterocycles. The van der Waals surface area contributed by atoms with Crippen molar-refractivity contribution in [2.75, 3.05) is 0 Å². The lowest BCUT2D eigenvalue weighted by atomic mass is 10.1. The maximum Gasteiger partial charge on any atom is 0.387 e. The number of hydrogen-bond acceptors (Lipinski definition) is 6. The van der Waals surface area contributed by atoms with Crippen LogP contribution in [0, 0.1) is 20.8 Å². The number of carbonyl (C=O) groups is 3. The SMILES string of the molecule is C.C.CC(=O)c1ccc(O)cc1C.CC(=O)c1ccc(OC(F)F)cc1C.Cc1cc(OC(F)F)ccc1C(=O)O. The Bertz CT molecular complexity index is 1240. The zero-order valence-electron chi connectivity index (χ0n) is 21.8. The van der Waals surface area contributed by atoms with Crippen LogP contribution >= 0.6 is 0 Å². The summed E-state index contributed by atoms with van der Waals surface area (Å²) in [7, 11) is 0. The Kier molecular flexibility index (Phi) is 17.0. The van der Waals surface area contributed by atoms with E-state index in [1.165, 1.54) is 63.2 Å². The quantitative estimate of drug-likeness (QED) is 0.212. The molecule has 0 amide bonds. The van der Waals surface area contributed by atoms with Crippen LogP contribution in [0.4, 0.5) is 17.6 Å². The minimum absolute atomic E-state index is 0. The third-order valence-electron chi connectivity index (χ3n) is 5.05. The third-order valence-corrected chi connectivity index (χ3v) is 5.05. The number of rotatable bonds is 7. The average Bonchev–Trinajstić information content (AvgIpc) is 2.78. The molecule has 41 heavy (non-hydrogen) atoms. The molecule has 0 bridgehead atoms. The zero-order chi connectivity index (χ0) is 29.9. The maximum atomic E-state index is 11.8. The van der Waals surface area contributed by atoms with E-state index in [-0.39, 0.29) is 49.2 Å². The number of benzene rings is 3. The van der Waals surface area contributed by atoms with E-state index in [1.807, 2.05) is 0 Å². The highest BCUT2D eigenvalue weighted by Gasteiger charge is 2.10. The fourth-order valence-electron chi connectivity index (χ4n) is 3.30. The second-order valence-corrected chi connectivity index (χ2v) is 8.13. The summed E-state index contributed by atoms with van der Waals surface area (Å²) in [6.07, 6.45) is 0. The molecule has 0 unspecified atom stereocenters. The molecule has 226 valence electrons. The summed E-state index contributed by atoms with van der Waals surface area (Å²) in [5.41, 5.74) is 3.10. The predicted octanol–water partition coefficient (Wildman–Crippen LogP) is 8.27. The normalized spacial score (nSPS) is 9.63. The number of carbonyl (C=O) groups excluding carboxylic acids is 2. The van der Waals surface area contributed by atoms with Gasteiger partial charge < -0.3 is 19.7 Å². The van der Waals surface area contributed by atoms with Gasteiger partial charge in [0.2, 0.25) is 0 Å². The summed E-state index contributed by atoms with van der Waals surface area (Å²) in [5, 5.41) is 17.7. The number of aromatic carboxylic acids is 1. The molecule has 0 aliphatic rings. The Morgan fingerprint density at radius 2 is 0.976 bits per heavy atom. The van der Waals surface area contributed by atoms with Crippen molar-refractivity contribution in [3.63, 3.8) is 0 Å². The van der Waals surface area contributed by atoms with Crippen molar-refractivity contribution in [2.24, 2.45) is 0 Å². The van der Waals surface area contributed by atoms with Gasteiger partial charge >= 0.3 is 19.2 Å². The Morgan fingerprint density at radius 1 is 0.634 bits per heavy atom. The summed E-state index contributed by atoms with van der Waals surface area (Å²) in [6.45, 7) is 2.20. The molecule has 0 saturated carbocycles. The Morgan fingerprint density at radius 3 is 1.27 bits per heavy atom. The number of halogens is 4. The monoisotopic (exact) mass is 584 g/mol. The van der Waals surface area contributed by atoms with Gasteiger partial charge in [0.05, 0.1) is 5.56 Å². The number of aromatic hydroxyl groups is 1. The van der Waals surface area contributed by atoms with Crippen LogP contribution in [0.1, 0.15) is 76.5 Å². The van der Waals surface area contributed by atoms with Crippen LogP contribution in [0.5, 0.6) is 17.2 Å². The molecule has 0 heterocycles. The lowest BCUT2D eigenvalue weighted by Crippen LogP contribution is -2.04. The predicted molar refractivity (Wildman–Crippen MR) is 149 cm³/mol. The number of phenols is 1. The molecule has 0 aliphatic carbocycles. The van der Waals surface area contributed by atoms with Crippen molar-refractivity contribution < 1.29 is 51.6 Å². The zero-order valence-corrected chi connectivity index (χ0v) is 21.8. The number of phenolic OH excluding ortho intramolecular Hbond substituents is 1. The highest BCUT2D eigenvalue weighted by Crippen LogP contribution is 2.20. The van der Waals surface area contributed by atoms with E-state index in [1.54, 1.807) is 26.0 Å². The summed E-state index contributed by atoms with van der Waals surface area (Å²) in [6, 6.07) is 12.7. The van der Waals surface area contributed by atoms with Gasteiger partial charge in [-0.25, -0.2) is 4.79 Å². The fraction of sp³-hybridized carbons (Fsp3) is 0.300. The molecule has 0 saturated heterocycles. The third kappa shape index (κ3) is 13.5. The minimum Gasteiger partial charge on any atom is -0.508 e. The number of carboxylic acid groups (broad SMARTS) is 1. The van der Waals surface area contributed by atoms with Crippen molar-refractivity contribution in [3.05, 3.63) is 88.0 Å². The summed E-state index contributed by atoms with van der Waals surface area (Å²) < 4.78 is 55.5. The highest BCUT2D eigenvalue weighted by molar-refractivity contribution is 5.96. The average molecular weight is 585 g/mol. The number of ketones is 2. The van der Waals surface area contributed by atoms with Gasteiger partial charge in [0.25, 0.3) is 0 Å². The fourth-order valence-corrected chi connectivity index (χ4v) is 3.30. The molecule has 0 radical (unpaired) electrons. The van der Waals surface area contributed by atoms with Crippen molar-refractivity contribution in [2.45, 2.75) is 62.7 Å². The van der Waals surface area contributed by atoms with Crippen LogP contribution in [0.2, 0.25) is 0 Å². The number of Topliss-reactive ketones (excluding diaryl/α,β-unsaturated/α-hetero) is 2. The number of carboxylic acids is 1. The van der Waals surface area contributed by atoms with Crippen LogP contribution in [0.25, 0.3) is 0 Å². The topological polar surface area (TPSA) is 110 Å². The highest BCUT2D eigenvalue weighted by atomic mass is 19.3. The van der Waals surface area contributed by atoms with E-state index in [0.717, 1.165) is 5.56 Å². The lowest BCUT2D eigenvalue weighted by Gasteiger charge is -2.07. The van der Waals surface area contributed by atoms with Gasteiger partial charge in [-0.15, -0.1) is 0 Å². The van der Waals surface area contributed by atoms with E-state index in [4.69, 9.17) is 10.2 Å². The van der Waals surface area contributed by atoms with Crippen molar-refractivity contribution >= 4 is 17.5 Å². The number of alkyl halides is 4. The molecule has 0 spiro atoms. The van der Waals surface area contributed by atoms with Crippen molar-refractivity contribution in [3.8, 4) is 17.2 Å². The van der Waals surface area contributed by atoms with Gasteiger partial charge in [-0.05, 0) is 106 Å². The minimum atomic E-state index is -2.90. The van der Waals surface area contributed by atoms with Gasteiger partial charge in [-0.1, -0.05) is 14.9 Å². The van der Waals surface area contributed by atoms with Crippen LogP contribution < -0.4 is 9.47 Å². The van der Waals surface area contributed by atoms with Gasteiger partial charge in [0.1, 0.15) is 17.2 Å². The molecular weight excluding hydrogens is 548 g/mol. The number of hydrogen-bond donors (Lipinski definition) is 2. The summed E-state index contributed by atoms with van der Waals surface area (Å²) in [5.74, 6) is -0.919. The van der Waals surface area contributed by atoms with E-state index >= 15 is 0 Å². The van der Waals surface area contributed by atoms with E-state index in [2.05, 4.69) is 9.47 Å². The molecule has 7 nitrogen and oxygen atoms in total. The van der Waals surface area contributed by atoms with E-state index in [0.29, 0.717) is 22.3 Å². The van der Waals surface area contributed by atoms with Crippen LogP contribution in [-0.4, -0.2) is 41.0 Å². The van der Waals surface area contributed by atoms with Crippen LogP contribution in [0.3, 0.4) is 0 Å². The smallest absolute Gasteiger partial charge is 0.387 e. The van der Waals surface area contributed by atoms with Crippen LogP contribution in [-0.2, 0) is 0 Å². The molecule has 0 atom stereocenters. The summed E-state index contributed by atoms with van der Waals surface area (Å²) >= 11 is 0. The first-order valence-corrected chi connectivity index (χ1v) is 11.3. The molecule has 0 aromatic heterocycles. The Labute approximate surface area is 237 Å². The second kappa shape index (κ2) is 18.0. The van der Waals surface area contributed by atoms with Gasteiger partial charge in [-0.3, -0.25) is 9.59 Å². The standard InChI is InChI=1S/C10H10F2O2.C9H8F2O3.C9H10O2.2CH4/c1-6-5-8(14-10(11)12)3-4-9(6)7(2)13;1-5-4-6(14-9(10)11)2-3-7(5)8(12)13;1-6-5-8(11)3-4-9(6)7(2)10;;/h3-5,10H,1-2H3;2-4,9H,1H3,(H,12,13);3-5,11H,1-2H3;2*1H4. The molecule has 11 heteroatoms. The molecular formula is C30H36F4O7. The number of aryl methyl sites for hydroxylation is 3. The maximum absolute atomic E-state index is 11.8. The van der Waals surface area contributed by atoms with Crippen LogP contribution in [0.15, 0.2) is 54.6 Å². The first-order chi connectivity index (χ1) is 18.1. The number of ether oxygens (including phenoxy) is 2. The first kappa shape index (κ1) is 38.7. The second-order valence-electron chi connectivity index (χ2n) is 8.13. The lowest BCUT2D eigenvalue weighted by molar-refractivity contribution is -0.0505. The molecule has 2 N–H and O–H groups in total. The van der Waals surface area contributed by atoms with Gasteiger partial charge in [-0.2, -0.15) is 17.6 Å². The Hall–Kier alpha value is -4.41. The first-order valence-electron chi connectivity index (χ1n) is 11.3. The molecule has 3 aromatic rings. The molecule has 3 rings (SSSR count). The van der Waals surface area contributed by atoms with Gasteiger partial charge in [0, 0.05) is 11.1 Å². The Balaban J connectivity index is 0. The summed E-state index contributed by atoms with van der Waals surface area (Å²) in [4.78, 5) is 32.5. The largest absolute Gasteiger partial charge is 0.508 e. The van der Waals surface area contributed by atoms with E-state index in [9.17, 15) is 31.9 Å². The van der Waals surface area contributed by atoms with E-state index < -0.39 is 19.2 Å². The van der Waals surface area contributed by atoms with Gasteiger partial charge in [0.15, 0.2) is 11.6 Å². The molecule has 0 fully saturated rings. The van der Waals surface area contributed by atoms with Crippen molar-refractivity contribution in [1.82, 2.24) is 0 Å².